The van der Waals surface area contributed by atoms with Crippen LogP contribution in [-0.4, -0.2) is 33.0 Å². The van der Waals surface area contributed by atoms with Gasteiger partial charge in [0.1, 0.15) is 5.75 Å². The fraction of sp³-hybridized carbons (Fsp3) is 0.300. The molecule has 142 valence electrons. The summed E-state index contributed by atoms with van der Waals surface area (Å²) in [6.45, 7) is 0. The van der Waals surface area contributed by atoms with Gasteiger partial charge in [-0.3, -0.25) is 9.59 Å². The molecule has 2 atom stereocenters. The zero-order valence-electron chi connectivity index (χ0n) is 15.5. The molecule has 0 spiro atoms. The Kier molecular flexibility index (Phi) is 5.56. The van der Waals surface area contributed by atoms with E-state index in [2.05, 4.69) is 10.6 Å². The Morgan fingerprint density at radius 3 is 2.26 bits per heavy atom. The molecule has 0 bridgehead atoms. The van der Waals surface area contributed by atoms with E-state index in [1.165, 1.54) is 7.11 Å². The van der Waals surface area contributed by atoms with Gasteiger partial charge in [-0.1, -0.05) is 11.6 Å². The Hall–Kier alpha value is -2.73. The van der Waals surface area contributed by atoms with Gasteiger partial charge in [-0.25, -0.2) is 0 Å². The minimum Gasteiger partial charge on any atom is -0.495 e. The topological polar surface area (TPSA) is 70.7 Å². The summed E-state index contributed by atoms with van der Waals surface area (Å²) in [7, 11) is 5.43. The number of amides is 2. The third-order valence-electron chi connectivity index (χ3n) is 4.53. The maximum Gasteiger partial charge on any atom is 0.228 e. The summed E-state index contributed by atoms with van der Waals surface area (Å²) in [4.78, 5) is 26.8. The minimum absolute atomic E-state index is 0.147. The molecule has 0 aliphatic heterocycles. The summed E-state index contributed by atoms with van der Waals surface area (Å²) in [6, 6.07) is 12.6. The third-order valence-corrected chi connectivity index (χ3v) is 4.77. The fourth-order valence-electron chi connectivity index (χ4n) is 2.86. The van der Waals surface area contributed by atoms with Crippen LogP contribution in [0.2, 0.25) is 5.02 Å². The SMILES string of the molecule is COc1ccc(Cl)cc1NC(=O)C1CC1C(=O)Nc1ccc(N(C)C)cc1. The molecule has 2 aromatic rings. The molecule has 2 aromatic carbocycles. The van der Waals surface area contributed by atoms with Crippen molar-refractivity contribution in [3.05, 3.63) is 47.5 Å². The average molecular weight is 388 g/mol. The molecule has 27 heavy (non-hydrogen) atoms. The Morgan fingerprint density at radius 1 is 1.04 bits per heavy atom. The van der Waals surface area contributed by atoms with Crippen LogP contribution in [0.4, 0.5) is 17.1 Å². The van der Waals surface area contributed by atoms with Crippen LogP contribution in [0.25, 0.3) is 0 Å². The second-order valence-corrected chi connectivity index (χ2v) is 7.15. The first kappa shape index (κ1) is 19.0. The maximum atomic E-state index is 12.4. The highest BCUT2D eigenvalue weighted by molar-refractivity contribution is 6.31. The van der Waals surface area contributed by atoms with E-state index in [4.69, 9.17) is 16.3 Å². The van der Waals surface area contributed by atoms with Crippen LogP contribution in [0, 0.1) is 11.8 Å². The number of rotatable bonds is 6. The van der Waals surface area contributed by atoms with Gasteiger partial charge in [0.05, 0.1) is 24.6 Å². The van der Waals surface area contributed by atoms with Gasteiger partial charge in [-0.15, -0.1) is 0 Å². The lowest BCUT2D eigenvalue weighted by molar-refractivity contribution is -0.122. The molecule has 0 heterocycles. The summed E-state index contributed by atoms with van der Waals surface area (Å²) in [6.07, 6.45) is 0.524. The number of carbonyl (C=O) groups excluding carboxylic acids is 2. The number of benzene rings is 2. The van der Waals surface area contributed by atoms with Crippen molar-refractivity contribution in [2.45, 2.75) is 6.42 Å². The van der Waals surface area contributed by atoms with Gasteiger partial charge in [-0.2, -0.15) is 0 Å². The molecule has 2 N–H and O–H groups in total. The van der Waals surface area contributed by atoms with E-state index in [-0.39, 0.29) is 23.7 Å². The third kappa shape index (κ3) is 4.52. The van der Waals surface area contributed by atoms with Gasteiger partial charge >= 0.3 is 0 Å². The molecule has 1 aliphatic rings. The predicted molar refractivity (Wildman–Crippen MR) is 108 cm³/mol. The van der Waals surface area contributed by atoms with Crippen molar-refractivity contribution in [3.63, 3.8) is 0 Å². The van der Waals surface area contributed by atoms with Crippen LogP contribution in [-0.2, 0) is 9.59 Å². The van der Waals surface area contributed by atoms with Crippen molar-refractivity contribution in [2.24, 2.45) is 11.8 Å². The van der Waals surface area contributed by atoms with Crippen molar-refractivity contribution >= 4 is 40.5 Å². The molecule has 7 heteroatoms. The average Bonchev–Trinajstić information content (AvgIpc) is 3.43. The summed E-state index contributed by atoms with van der Waals surface area (Å²) in [5.74, 6) is -0.515. The second kappa shape index (κ2) is 7.88. The highest BCUT2D eigenvalue weighted by Gasteiger charge is 2.48. The highest BCUT2D eigenvalue weighted by Crippen LogP contribution is 2.41. The molecule has 0 saturated heterocycles. The summed E-state index contributed by atoms with van der Waals surface area (Å²) >= 11 is 5.98. The lowest BCUT2D eigenvalue weighted by Gasteiger charge is -2.13. The van der Waals surface area contributed by atoms with Gasteiger partial charge in [0.25, 0.3) is 0 Å². The Morgan fingerprint density at radius 2 is 1.67 bits per heavy atom. The standard InChI is InChI=1S/C20H22ClN3O3/c1-24(2)14-7-5-13(6-8-14)22-19(25)15-11-16(15)20(26)23-17-10-12(21)4-9-18(17)27-3/h4-10,15-16H,11H2,1-3H3,(H,22,25)(H,23,26). The Bertz CT molecular complexity index is 852. The van der Waals surface area contributed by atoms with Gasteiger partial charge in [0, 0.05) is 30.5 Å². The van der Waals surface area contributed by atoms with Gasteiger partial charge < -0.3 is 20.3 Å². The number of halogens is 1. The van der Waals surface area contributed by atoms with Crippen molar-refractivity contribution in [1.82, 2.24) is 0 Å². The molecular weight excluding hydrogens is 366 g/mol. The number of hydrogen-bond acceptors (Lipinski definition) is 4. The molecule has 2 unspecified atom stereocenters. The monoisotopic (exact) mass is 387 g/mol. The maximum absolute atomic E-state index is 12.4. The molecule has 1 saturated carbocycles. The summed E-state index contributed by atoms with van der Waals surface area (Å²) in [5, 5.41) is 6.16. The van der Waals surface area contributed by atoms with Gasteiger partial charge in [0.15, 0.2) is 0 Å². The van der Waals surface area contributed by atoms with Crippen LogP contribution in [0.3, 0.4) is 0 Å². The molecule has 6 nitrogen and oxygen atoms in total. The normalized spacial score (nSPS) is 17.8. The molecule has 3 rings (SSSR count). The molecule has 1 fully saturated rings. The van der Waals surface area contributed by atoms with Crippen LogP contribution in [0.15, 0.2) is 42.5 Å². The van der Waals surface area contributed by atoms with Crippen molar-refractivity contribution in [1.29, 1.82) is 0 Å². The minimum atomic E-state index is -0.352. The van der Waals surface area contributed by atoms with Crippen LogP contribution >= 0.6 is 11.6 Å². The van der Waals surface area contributed by atoms with Crippen molar-refractivity contribution < 1.29 is 14.3 Å². The van der Waals surface area contributed by atoms with Crippen LogP contribution in [0.1, 0.15) is 6.42 Å². The molecule has 1 aliphatic carbocycles. The van der Waals surface area contributed by atoms with E-state index >= 15 is 0 Å². The van der Waals surface area contributed by atoms with E-state index in [9.17, 15) is 9.59 Å². The molecule has 0 radical (unpaired) electrons. The largest absolute Gasteiger partial charge is 0.495 e. The highest BCUT2D eigenvalue weighted by atomic mass is 35.5. The van der Waals surface area contributed by atoms with Crippen molar-refractivity contribution in [3.8, 4) is 5.75 Å². The zero-order chi connectivity index (χ0) is 19.6. The van der Waals surface area contributed by atoms with E-state index in [1.807, 2.05) is 43.3 Å². The quantitative estimate of drug-likeness (QED) is 0.794. The number of nitrogens with zero attached hydrogens (tertiary/aromatic N) is 1. The fourth-order valence-corrected chi connectivity index (χ4v) is 3.03. The van der Waals surface area contributed by atoms with Gasteiger partial charge in [-0.05, 0) is 48.9 Å². The number of hydrogen-bond donors (Lipinski definition) is 2. The lowest BCUT2D eigenvalue weighted by atomic mass is 10.2. The first-order valence-corrected chi connectivity index (χ1v) is 8.99. The number of nitrogens with one attached hydrogen (secondary N) is 2. The zero-order valence-corrected chi connectivity index (χ0v) is 16.2. The summed E-state index contributed by atoms with van der Waals surface area (Å²) < 4.78 is 5.22. The Balaban J connectivity index is 1.57. The van der Waals surface area contributed by atoms with Gasteiger partial charge in [0.2, 0.25) is 11.8 Å². The number of anilines is 3. The smallest absolute Gasteiger partial charge is 0.228 e. The second-order valence-electron chi connectivity index (χ2n) is 6.71. The first-order valence-electron chi connectivity index (χ1n) is 8.61. The lowest BCUT2D eigenvalue weighted by Crippen LogP contribution is -2.20. The van der Waals surface area contributed by atoms with Crippen LogP contribution in [0.5, 0.6) is 5.75 Å². The van der Waals surface area contributed by atoms with E-state index < -0.39 is 0 Å². The molecular formula is C20H22ClN3O3. The Labute approximate surface area is 163 Å². The number of carbonyl (C=O) groups is 2. The molecule has 0 aromatic heterocycles. The van der Waals surface area contributed by atoms with E-state index in [0.717, 1.165) is 5.69 Å². The number of ether oxygens (including phenoxy) is 1. The van der Waals surface area contributed by atoms with E-state index in [1.54, 1.807) is 18.2 Å². The number of methoxy groups -OCH3 is 1. The predicted octanol–water partition coefficient (Wildman–Crippen LogP) is 3.63. The molecule has 2 amide bonds. The van der Waals surface area contributed by atoms with Crippen molar-refractivity contribution in [2.75, 3.05) is 36.7 Å². The summed E-state index contributed by atoms with van der Waals surface area (Å²) in [5.41, 5.74) is 2.26. The van der Waals surface area contributed by atoms with E-state index in [0.29, 0.717) is 28.6 Å². The van der Waals surface area contributed by atoms with Crippen LogP contribution < -0.4 is 20.3 Å². The first-order chi connectivity index (χ1) is 12.9.